The second-order valence-corrected chi connectivity index (χ2v) is 9.31. The summed E-state index contributed by atoms with van der Waals surface area (Å²) in [5.74, 6) is -3.79. The topological polar surface area (TPSA) is 210 Å². The van der Waals surface area contributed by atoms with Crippen molar-refractivity contribution in [3.05, 3.63) is 36.0 Å². The molecule has 0 saturated carbocycles. The Kier molecular flexibility index (Phi) is 10.7. The van der Waals surface area contributed by atoms with Crippen LogP contribution in [0.4, 0.5) is 0 Å². The van der Waals surface area contributed by atoms with Crippen LogP contribution in [0.3, 0.4) is 0 Å². The van der Waals surface area contributed by atoms with Gasteiger partial charge in [-0.25, -0.2) is 4.79 Å². The number of rotatable bonds is 14. The second-order valence-electron chi connectivity index (χ2n) is 8.33. The Balaban J connectivity index is 2.32. The van der Waals surface area contributed by atoms with E-state index in [1.165, 1.54) is 18.7 Å². The number of carboxylic acid groups (broad SMARTS) is 1. The largest absolute Gasteiger partial charge is 0.480 e. The number of carboxylic acids is 1. The van der Waals surface area contributed by atoms with Crippen LogP contribution in [0.15, 0.2) is 30.5 Å². The summed E-state index contributed by atoms with van der Waals surface area (Å²) in [6, 6.07) is 2.66. The minimum Gasteiger partial charge on any atom is -0.480 e. The van der Waals surface area contributed by atoms with Crippen molar-refractivity contribution in [2.45, 2.75) is 50.4 Å². The number of para-hydroxylation sites is 1. The third-order valence-corrected chi connectivity index (χ3v) is 6.05. The number of hydrogen-bond acceptors (Lipinski definition) is 7. The van der Waals surface area contributed by atoms with Crippen LogP contribution in [0.2, 0.25) is 0 Å². The van der Waals surface area contributed by atoms with E-state index < -0.39 is 60.2 Å². The molecular weight excluding hydrogens is 488 g/mol. The highest BCUT2D eigenvalue weighted by Crippen LogP contribution is 2.19. The van der Waals surface area contributed by atoms with Crippen molar-refractivity contribution in [2.24, 2.45) is 11.5 Å². The molecule has 0 aliphatic rings. The standard InChI is InChI=1S/C23H32N6O6S/c1-12(24)20(31)28-18(10-19(25)30)22(33)29-17(21(32)27-16(23(34)35)7-8-36-2)9-13-11-26-15-6-4-3-5-14(13)15/h3-6,11-12,16-18,26H,7-10,24H2,1-2H3,(H2,25,30)(H,27,32)(H,28,31)(H,29,33)(H,34,35). The molecule has 4 atom stereocenters. The van der Waals surface area contributed by atoms with Crippen LogP contribution < -0.4 is 27.4 Å². The number of carbonyl (C=O) groups excluding carboxylic acids is 4. The van der Waals surface area contributed by atoms with Crippen LogP contribution in [-0.2, 0) is 30.4 Å². The molecule has 4 unspecified atom stereocenters. The Hall–Kier alpha value is -3.58. The predicted octanol–water partition coefficient (Wildman–Crippen LogP) is -0.775. The number of amides is 4. The number of H-pyrrole nitrogens is 1. The summed E-state index contributed by atoms with van der Waals surface area (Å²) in [5, 5.41) is 17.7. The Morgan fingerprint density at radius 3 is 2.22 bits per heavy atom. The van der Waals surface area contributed by atoms with Crippen LogP contribution >= 0.6 is 11.8 Å². The molecule has 1 heterocycles. The van der Waals surface area contributed by atoms with Crippen LogP contribution in [0.5, 0.6) is 0 Å². The fourth-order valence-electron chi connectivity index (χ4n) is 3.48. The van der Waals surface area contributed by atoms with Crippen molar-refractivity contribution in [3.63, 3.8) is 0 Å². The van der Waals surface area contributed by atoms with Gasteiger partial charge in [-0.3, -0.25) is 19.2 Å². The van der Waals surface area contributed by atoms with Gasteiger partial charge in [-0.2, -0.15) is 11.8 Å². The SMILES string of the molecule is CSCCC(NC(=O)C(Cc1c[nH]c2ccccc12)NC(=O)C(CC(N)=O)NC(=O)C(C)N)C(=O)O. The van der Waals surface area contributed by atoms with Gasteiger partial charge in [-0.05, 0) is 37.0 Å². The van der Waals surface area contributed by atoms with E-state index in [0.717, 1.165) is 10.9 Å². The van der Waals surface area contributed by atoms with Crippen molar-refractivity contribution >= 4 is 52.3 Å². The van der Waals surface area contributed by atoms with Crippen molar-refractivity contribution < 1.29 is 29.1 Å². The zero-order valence-electron chi connectivity index (χ0n) is 20.1. The van der Waals surface area contributed by atoms with Gasteiger partial charge < -0.3 is 37.5 Å². The summed E-state index contributed by atoms with van der Waals surface area (Å²) in [6.07, 6.45) is 3.19. The van der Waals surface area contributed by atoms with E-state index in [2.05, 4.69) is 20.9 Å². The monoisotopic (exact) mass is 520 g/mol. The van der Waals surface area contributed by atoms with Crippen molar-refractivity contribution in [1.29, 1.82) is 0 Å². The number of primary amides is 1. The molecule has 2 rings (SSSR count). The second kappa shape index (κ2) is 13.5. The van der Waals surface area contributed by atoms with Gasteiger partial charge in [0.05, 0.1) is 12.5 Å². The molecule has 0 aliphatic heterocycles. The zero-order valence-corrected chi connectivity index (χ0v) is 20.9. The molecule has 1 aromatic heterocycles. The van der Waals surface area contributed by atoms with E-state index in [9.17, 15) is 29.1 Å². The number of hydrogen-bond donors (Lipinski definition) is 7. The Morgan fingerprint density at radius 1 is 1.00 bits per heavy atom. The third-order valence-electron chi connectivity index (χ3n) is 5.41. The highest BCUT2D eigenvalue weighted by molar-refractivity contribution is 7.98. The number of nitrogens with two attached hydrogens (primary N) is 2. The van der Waals surface area contributed by atoms with E-state index in [1.807, 2.05) is 30.5 Å². The maximum atomic E-state index is 13.2. The summed E-state index contributed by atoms with van der Waals surface area (Å²) in [6.45, 7) is 1.41. The third kappa shape index (κ3) is 8.27. The summed E-state index contributed by atoms with van der Waals surface area (Å²) in [5.41, 5.74) is 12.3. The summed E-state index contributed by atoms with van der Waals surface area (Å²) in [4.78, 5) is 64.6. The summed E-state index contributed by atoms with van der Waals surface area (Å²) in [7, 11) is 0. The first kappa shape index (κ1) is 28.7. The lowest BCUT2D eigenvalue weighted by atomic mass is 10.0. The molecule has 0 aliphatic carbocycles. The molecule has 1 aromatic carbocycles. The quantitative estimate of drug-likeness (QED) is 0.168. The molecule has 4 amide bonds. The maximum Gasteiger partial charge on any atom is 0.326 e. The van der Waals surface area contributed by atoms with Crippen molar-refractivity contribution in [1.82, 2.24) is 20.9 Å². The molecule has 0 saturated heterocycles. The normalized spacial score (nSPS) is 14.3. The van der Waals surface area contributed by atoms with E-state index in [1.54, 1.807) is 6.20 Å². The lowest BCUT2D eigenvalue weighted by Gasteiger charge is -2.24. The number of fused-ring (bicyclic) bond motifs is 1. The Morgan fingerprint density at radius 2 is 1.61 bits per heavy atom. The fraction of sp³-hybridized carbons (Fsp3) is 0.435. The van der Waals surface area contributed by atoms with Gasteiger partial charge in [0.1, 0.15) is 18.1 Å². The van der Waals surface area contributed by atoms with Crippen LogP contribution in [0.25, 0.3) is 10.9 Å². The number of aromatic amines is 1. The Labute approximate surface area is 212 Å². The van der Waals surface area contributed by atoms with Crippen LogP contribution in [0.1, 0.15) is 25.3 Å². The van der Waals surface area contributed by atoms with Gasteiger partial charge in [0, 0.05) is 23.5 Å². The zero-order chi connectivity index (χ0) is 26.8. The van der Waals surface area contributed by atoms with E-state index in [-0.39, 0.29) is 12.8 Å². The summed E-state index contributed by atoms with van der Waals surface area (Å²) >= 11 is 1.43. The first-order chi connectivity index (χ1) is 17.0. The van der Waals surface area contributed by atoms with Crippen LogP contribution in [-0.4, -0.2) is 75.9 Å². The number of carbonyl (C=O) groups is 5. The van der Waals surface area contributed by atoms with Gasteiger partial charge in [0.2, 0.25) is 23.6 Å². The van der Waals surface area contributed by atoms with Gasteiger partial charge in [0.25, 0.3) is 0 Å². The minimum atomic E-state index is -1.37. The average molecular weight is 521 g/mol. The predicted molar refractivity (Wildman–Crippen MR) is 136 cm³/mol. The maximum absolute atomic E-state index is 13.2. The lowest BCUT2D eigenvalue weighted by molar-refractivity contribution is -0.142. The molecule has 0 radical (unpaired) electrons. The highest BCUT2D eigenvalue weighted by Gasteiger charge is 2.31. The van der Waals surface area contributed by atoms with Gasteiger partial charge in [0.15, 0.2) is 0 Å². The van der Waals surface area contributed by atoms with Gasteiger partial charge in [-0.1, -0.05) is 18.2 Å². The number of aliphatic carboxylic acids is 1. The number of nitrogens with one attached hydrogen (secondary N) is 4. The molecule has 12 nitrogen and oxygen atoms in total. The van der Waals surface area contributed by atoms with Gasteiger partial charge >= 0.3 is 5.97 Å². The summed E-state index contributed by atoms with van der Waals surface area (Å²) < 4.78 is 0. The molecule has 0 bridgehead atoms. The fourth-order valence-corrected chi connectivity index (χ4v) is 3.95. The van der Waals surface area contributed by atoms with Crippen LogP contribution in [0, 0.1) is 0 Å². The molecule has 2 aromatic rings. The molecule has 0 spiro atoms. The van der Waals surface area contributed by atoms with E-state index >= 15 is 0 Å². The van der Waals surface area contributed by atoms with E-state index in [4.69, 9.17) is 11.5 Å². The molecule has 196 valence electrons. The number of aromatic nitrogens is 1. The average Bonchev–Trinajstić information content (AvgIpc) is 3.22. The van der Waals surface area contributed by atoms with Crippen molar-refractivity contribution in [2.75, 3.05) is 12.0 Å². The van der Waals surface area contributed by atoms with Crippen molar-refractivity contribution in [3.8, 4) is 0 Å². The highest BCUT2D eigenvalue weighted by atomic mass is 32.2. The molecule has 9 N–H and O–H groups in total. The first-order valence-electron chi connectivity index (χ1n) is 11.2. The first-order valence-corrected chi connectivity index (χ1v) is 12.6. The minimum absolute atomic E-state index is 0.0149. The molecular formula is C23H32N6O6S. The lowest BCUT2D eigenvalue weighted by Crippen LogP contribution is -2.58. The number of thioether (sulfide) groups is 1. The molecule has 0 fully saturated rings. The number of benzene rings is 1. The van der Waals surface area contributed by atoms with Gasteiger partial charge in [-0.15, -0.1) is 0 Å². The molecule has 36 heavy (non-hydrogen) atoms. The molecule has 13 heteroatoms. The smallest absolute Gasteiger partial charge is 0.326 e. The Bertz CT molecular complexity index is 1100. The van der Waals surface area contributed by atoms with E-state index in [0.29, 0.717) is 11.3 Å².